The van der Waals surface area contributed by atoms with Crippen molar-refractivity contribution in [2.75, 3.05) is 20.2 Å². The molecule has 1 amide bonds. The minimum absolute atomic E-state index is 0.175. The van der Waals surface area contributed by atoms with Crippen LogP contribution in [0.2, 0.25) is 0 Å². The number of nitrogens with zero attached hydrogens (tertiary/aromatic N) is 1. The highest BCUT2D eigenvalue weighted by molar-refractivity contribution is 5.78. The van der Waals surface area contributed by atoms with E-state index in [1.165, 1.54) is 12.1 Å². The molecule has 0 aromatic heterocycles. The fourth-order valence-corrected chi connectivity index (χ4v) is 2.48. The van der Waals surface area contributed by atoms with Gasteiger partial charge in [0.25, 0.3) is 0 Å². The van der Waals surface area contributed by atoms with Crippen LogP contribution in [-0.2, 0) is 9.53 Å². The van der Waals surface area contributed by atoms with Crippen LogP contribution in [0.3, 0.4) is 0 Å². The van der Waals surface area contributed by atoms with E-state index in [0.717, 1.165) is 18.5 Å². The normalized spacial score (nSPS) is 15.0. The number of methoxy groups -OCH3 is 1. The van der Waals surface area contributed by atoms with Gasteiger partial charge in [-0.3, -0.25) is 4.79 Å². The highest BCUT2D eigenvalue weighted by Crippen LogP contribution is 2.21. The Morgan fingerprint density at radius 1 is 1.09 bits per heavy atom. The van der Waals surface area contributed by atoms with E-state index in [0.29, 0.717) is 13.0 Å². The summed E-state index contributed by atoms with van der Waals surface area (Å²) in [7, 11) is 1.61. The molecule has 1 saturated heterocycles. The van der Waals surface area contributed by atoms with Crippen LogP contribution in [-0.4, -0.2) is 31.0 Å². The molecule has 1 unspecified atom stereocenters. The second-order valence-electron chi connectivity index (χ2n) is 5.37. The molecule has 1 fully saturated rings. The third-order valence-corrected chi connectivity index (χ3v) is 3.75. The van der Waals surface area contributed by atoms with Crippen molar-refractivity contribution >= 4 is 5.91 Å². The number of ether oxygens (including phenoxy) is 1. The van der Waals surface area contributed by atoms with Gasteiger partial charge in [-0.05, 0) is 24.1 Å². The minimum atomic E-state index is -0.263. The minimum Gasteiger partial charge on any atom is -0.375 e. The Morgan fingerprint density at radius 2 is 1.65 bits per heavy atom. The first kappa shape index (κ1) is 17.2. The number of hydrogen-bond donors (Lipinski definition) is 0. The summed E-state index contributed by atoms with van der Waals surface area (Å²) >= 11 is 0. The number of rotatable bonds is 4. The topological polar surface area (TPSA) is 29.5 Å². The van der Waals surface area contributed by atoms with Crippen molar-refractivity contribution in [3.05, 3.63) is 72.0 Å². The number of amides is 1. The number of likely N-dealkylation sites (tertiary alicyclic amines) is 1. The standard InChI is InChI=1S/C13H16FNO2.C6H6/c1-17-12(9-15-8-2-3-13(15)16)10-4-6-11(14)7-5-10;1-2-4-6-5-3-1/h4-7,12H,2-3,8-9H2,1H3;1-6H. The third-order valence-electron chi connectivity index (χ3n) is 3.75. The highest BCUT2D eigenvalue weighted by atomic mass is 19.1. The molecular weight excluding hydrogens is 293 g/mol. The molecule has 23 heavy (non-hydrogen) atoms. The van der Waals surface area contributed by atoms with Crippen molar-refractivity contribution in [2.45, 2.75) is 18.9 Å². The zero-order chi connectivity index (χ0) is 16.5. The van der Waals surface area contributed by atoms with E-state index in [4.69, 9.17) is 4.74 Å². The summed E-state index contributed by atoms with van der Waals surface area (Å²) in [5.74, 6) is -0.0880. The summed E-state index contributed by atoms with van der Waals surface area (Å²) in [5, 5.41) is 0. The number of carbonyl (C=O) groups excluding carboxylic acids is 1. The third kappa shape index (κ3) is 5.49. The summed E-state index contributed by atoms with van der Waals surface area (Å²) in [5.41, 5.74) is 0.897. The maximum absolute atomic E-state index is 12.8. The van der Waals surface area contributed by atoms with Gasteiger partial charge in [0, 0.05) is 20.1 Å². The molecule has 0 radical (unpaired) electrons. The molecule has 3 rings (SSSR count). The smallest absolute Gasteiger partial charge is 0.222 e. The van der Waals surface area contributed by atoms with Gasteiger partial charge in [0.05, 0.1) is 12.6 Å². The molecule has 1 aliphatic heterocycles. The number of hydrogen-bond acceptors (Lipinski definition) is 2. The van der Waals surface area contributed by atoms with Crippen molar-refractivity contribution < 1.29 is 13.9 Å². The Morgan fingerprint density at radius 3 is 2.09 bits per heavy atom. The van der Waals surface area contributed by atoms with Crippen molar-refractivity contribution in [2.24, 2.45) is 0 Å². The van der Waals surface area contributed by atoms with E-state index in [2.05, 4.69) is 0 Å². The highest BCUT2D eigenvalue weighted by Gasteiger charge is 2.24. The fourth-order valence-electron chi connectivity index (χ4n) is 2.48. The van der Waals surface area contributed by atoms with E-state index < -0.39 is 0 Å². The van der Waals surface area contributed by atoms with E-state index >= 15 is 0 Å². The molecule has 3 nitrogen and oxygen atoms in total. The van der Waals surface area contributed by atoms with Crippen LogP contribution >= 0.6 is 0 Å². The first-order chi connectivity index (χ1) is 11.2. The summed E-state index contributed by atoms with van der Waals surface area (Å²) in [4.78, 5) is 13.3. The van der Waals surface area contributed by atoms with Gasteiger partial charge < -0.3 is 9.64 Å². The number of carbonyl (C=O) groups is 1. The maximum Gasteiger partial charge on any atom is 0.222 e. The largest absolute Gasteiger partial charge is 0.375 e. The Kier molecular flexibility index (Phi) is 6.76. The molecule has 2 aromatic rings. The van der Waals surface area contributed by atoms with Crippen LogP contribution in [0.1, 0.15) is 24.5 Å². The summed E-state index contributed by atoms with van der Waals surface area (Å²) in [6, 6.07) is 18.2. The van der Waals surface area contributed by atoms with Crippen molar-refractivity contribution in [1.82, 2.24) is 4.90 Å². The lowest BCUT2D eigenvalue weighted by Gasteiger charge is -2.23. The van der Waals surface area contributed by atoms with Crippen LogP contribution in [0.4, 0.5) is 4.39 Å². The van der Waals surface area contributed by atoms with Crippen LogP contribution in [0.5, 0.6) is 0 Å². The number of benzene rings is 2. The SMILES string of the molecule is COC(CN1CCCC1=O)c1ccc(F)cc1.c1ccccc1. The molecule has 4 heteroatoms. The lowest BCUT2D eigenvalue weighted by atomic mass is 10.1. The Labute approximate surface area is 136 Å². The maximum atomic E-state index is 12.8. The molecule has 1 atom stereocenters. The van der Waals surface area contributed by atoms with Gasteiger partial charge in [0.15, 0.2) is 0 Å². The Hall–Kier alpha value is -2.20. The van der Waals surface area contributed by atoms with E-state index in [1.54, 1.807) is 24.1 Å². The van der Waals surface area contributed by atoms with Gasteiger partial charge in [-0.15, -0.1) is 0 Å². The quantitative estimate of drug-likeness (QED) is 0.858. The summed E-state index contributed by atoms with van der Waals surface area (Å²) in [6.45, 7) is 1.33. The van der Waals surface area contributed by atoms with Crippen LogP contribution < -0.4 is 0 Å². The second-order valence-corrected chi connectivity index (χ2v) is 5.37. The predicted octanol–water partition coefficient (Wildman–Crippen LogP) is 3.82. The van der Waals surface area contributed by atoms with Gasteiger partial charge in [-0.1, -0.05) is 48.5 Å². The first-order valence-corrected chi connectivity index (χ1v) is 7.76. The molecule has 0 spiro atoms. The van der Waals surface area contributed by atoms with E-state index in [-0.39, 0.29) is 17.8 Å². The van der Waals surface area contributed by atoms with E-state index in [1.807, 2.05) is 36.4 Å². The Balaban J connectivity index is 0.000000268. The fraction of sp³-hybridized carbons (Fsp3) is 0.316. The van der Waals surface area contributed by atoms with Crippen molar-refractivity contribution in [3.8, 4) is 0 Å². The second kappa shape index (κ2) is 9.06. The molecule has 1 aliphatic rings. The van der Waals surface area contributed by atoms with Crippen LogP contribution in [0.15, 0.2) is 60.7 Å². The van der Waals surface area contributed by atoms with Gasteiger partial charge in [0.2, 0.25) is 5.91 Å². The molecule has 0 saturated carbocycles. The molecule has 2 aromatic carbocycles. The Bertz CT molecular complexity index is 559. The first-order valence-electron chi connectivity index (χ1n) is 7.76. The molecule has 1 heterocycles. The van der Waals surface area contributed by atoms with Crippen molar-refractivity contribution in [3.63, 3.8) is 0 Å². The molecular formula is C19H22FNO2. The molecule has 0 N–H and O–H groups in total. The van der Waals surface area contributed by atoms with Gasteiger partial charge in [-0.2, -0.15) is 0 Å². The van der Waals surface area contributed by atoms with Gasteiger partial charge in [-0.25, -0.2) is 4.39 Å². The van der Waals surface area contributed by atoms with Gasteiger partial charge >= 0.3 is 0 Å². The molecule has 0 bridgehead atoms. The average Bonchev–Trinajstić information content (AvgIpc) is 3.00. The number of halogens is 1. The van der Waals surface area contributed by atoms with Gasteiger partial charge in [0.1, 0.15) is 5.82 Å². The van der Waals surface area contributed by atoms with E-state index in [9.17, 15) is 9.18 Å². The lowest BCUT2D eigenvalue weighted by Crippen LogP contribution is -2.30. The lowest BCUT2D eigenvalue weighted by molar-refractivity contribution is -0.129. The zero-order valence-electron chi connectivity index (χ0n) is 13.3. The average molecular weight is 315 g/mol. The monoisotopic (exact) mass is 315 g/mol. The molecule has 0 aliphatic carbocycles. The zero-order valence-corrected chi connectivity index (χ0v) is 13.3. The predicted molar refractivity (Wildman–Crippen MR) is 88.4 cm³/mol. The summed E-state index contributed by atoms with van der Waals surface area (Å²) in [6.07, 6.45) is 1.36. The van der Waals surface area contributed by atoms with Crippen LogP contribution in [0.25, 0.3) is 0 Å². The molecule has 122 valence electrons. The summed E-state index contributed by atoms with van der Waals surface area (Å²) < 4.78 is 18.2. The van der Waals surface area contributed by atoms with Crippen molar-refractivity contribution in [1.29, 1.82) is 0 Å². The van der Waals surface area contributed by atoms with Crippen LogP contribution in [0, 0.1) is 5.82 Å².